The number of hydrogen-bond donors (Lipinski definition) is 2. The molecule has 1 aromatic carbocycles. The molecule has 0 aliphatic heterocycles. The smallest absolute Gasteiger partial charge is 0.191 e. The van der Waals surface area contributed by atoms with Crippen molar-refractivity contribution >= 4 is 53.1 Å². The molecule has 2 N–H and O–H groups in total. The number of nitrogens with one attached hydrogen (secondary N) is 2. The Labute approximate surface area is 162 Å². The Hall–Kier alpha value is -1.06. The lowest BCUT2D eigenvalue weighted by Crippen LogP contribution is -2.40. The van der Waals surface area contributed by atoms with Crippen LogP contribution in [0.25, 0.3) is 0 Å². The Morgan fingerprint density at radius 2 is 2.17 bits per heavy atom. The first-order chi connectivity index (χ1) is 10.6. The Morgan fingerprint density at radius 3 is 2.78 bits per heavy atom. The van der Waals surface area contributed by atoms with Crippen LogP contribution in [0.4, 0.5) is 0 Å². The molecule has 0 amide bonds. The van der Waals surface area contributed by atoms with Crippen molar-refractivity contribution in [1.82, 2.24) is 25.4 Å². The molecule has 0 aliphatic rings. The number of guanidine groups is 1. The van der Waals surface area contributed by atoms with E-state index in [0.717, 1.165) is 5.56 Å². The van der Waals surface area contributed by atoms with Crippen LogP contribution < -0.4 is 10.6 Å². The van der Waals surface area contributed by atoms with E-state index in [9.17, 15) is 0 Å². The third-order valence-corrected chi connectivity index (χ3v) is 3.67. The van der Waals surface area contributed by atoms with Crippen LogP contribution in [0.3, 0.4) is 0 Å². The van der Waals surface area contributed by atoms with Gasteiger partial charge >= 0.3 is 0 Å². The quantitative estimate of drug-likeness (QED) is 0.402. The highest BCUT2D eigenvalue weighted by Gasteiger charge is 2.11. The lowest BCUT2D eigenvalue weighted by atomic mass is 10.1. The van der Waals surface area contributed by atoms with Gasteiger partial charge in [-0.15, -0.1) is 24.0 Å². The number of rotatable bonds is 5. The summed E-state index contributed by atoms with van der Waals surface area (Å²) in [7, 11) is 1.72. The lowest BCUT2D eigenvalue weighted by Gasteiger charge is -2.19. The van der Waals surface area contributed by atoms with Gasteiger partial charge in [0, 0.05) is 23.6 Å². The highest BCUT2D eigenvalue weighted by atomic mass is 127. The molecular formula is C14H19Cl2IN6. The van der Waals surface area contributed by atoms with Crippen LogP contribution in [0, 0.1) is 0 Å². The minimum Gasteiger partial charge on any atom is -0.355 e. The highest BCUT2D eigenvalue weighted by Crippen LogP contribution is 2.25. The summed E-state index contributed by atoms with van der Waals surface area (Å²) in [6.45, 7) is 3.40. The second-order valence-electron chi connectivity index (χ2n) is 4.69. The van der Waals surface area contributed by atoms with Crippen LogP contribution in [-0.4, -0.2) is 34.3 Å². The molecule has 23 heavy (non-hydrogen) atoms. The standard InChI is InChI=1S/C14H18Cl2N6.HI/c1-10(12-4-3-11(15)7-13(12)16)21-14(17-2)19-5-6-22-9-18-8-20-22;/h3-4,7-10H,5-6H2,1-2H3,(H2,17,19,21);1H. The van der Waals surface area contributed by atoms with Gasteiger partial charge in [-0.25, -0.2) is 4.98 Å². The van der Waals surface area contributed by atoms with Gasteiger partial charge in [0.25, 0.3) is 0 Å². The maximum absolute atomic E-state index is 6.22. The number of nitrogens with zero attached hydrogens (tertiary/aromatic N) is 4. The van der Waals surface area contributed by atoms with Gasteiger partial charge in [0.1, 0.15) is 12.7 Å². The van der Waals surface area contributed by atoms with Gasteiger partial charge in [0.2, 0.25) is 0 Å². The Morgan fingerprint density at radius 1 is 1.39 bits per heavy atom. The molecule has 9 heteroatoms. The summed E-state index contributed by atoms with van der Waals surface area (Å²) in [5.74, 6) is 0.693. The first-order valence-electron chi connectivity index (χ1n) is 6.84. The number of benzene rings is 1. The SMILES string of the molecule is CN=C(NCCn1cncn1)NC(C)c1ccc(Cl)cc1Cl.I. The van der Waals surface area contributed by atoms with Crippen molar-refractivity contribution in [3.63, 3.8) is 0 Å². The van der Waals surface area contributed by atoms with Gasteiger partial charge in [0.05, 0.1) is 12.6 Å². The zero-order chi connectivity index (χ0) is 15.9. The van der Waals surface area contributed by atoms with Crippen LogP contribution in [0.2, 0.25) is 10.0 Å². The third-order valence-electron chi connectivity index (χ3n) is 3.11. The van der Waals surface area contributed by atoms with Gasteiger partial charge in [-0.2, -0.15) is 5.10 Å². The van der Waals surface area contributed by atoms with E-state index >= 15 is 0 Å². The Bertz CT molecular complexity index is 632. The monoisotopic (exact) mass is 468 g/mol. The molecule has 0 aliphatic carbocycles. The van der Waals surface area contributed by atoms with Crippen molar-refractivity contribution in [2.24, 2.45) is 4.99 Å². The van der Waals surface area contributed by atoms with Gasteiger partial charge in [-0.1, -0.05) is 29.3 Å². The minimum absolute atomic E-state index is 0. The van der Waals surface area contributed by atoms with Crippen LogP contribution >= 0.6 is 47.2 Å². The molecule has 1 aromatic heterocycles. The summed E-state index contributed by atoms with van der Waals surface area (Å²) >= 11 is 12.1. The minimum atomic E-state index is 0. The summed E-state index contributed by atoms with van der Waals surface area (Å²) in [6.07, 6.45) is 3.19. The van der Waals surface area contributed by atoms with E-state index in [0.29, 0.717) is 29.1 Å². The summed E-state index contributed by atoms with van der Waals surface area (Å²) in [5, 5.41) is 11.8. The van der Waals surface area contributed by atoms with Crippen LogP contribution in [0.15, 0.2) is 35.8 Å². The summed E-state index contributed by atoms with van der Waals surface area (Å²) in [6, 6.07) is 5.46. The van der Waals surface area contributed by atoms with Gasteiger partial charge in [0.15, 0.2) is 5.96 Å². The molecule has 0 radical (unpaired) electrons. The van der Waals surface area contributed by atoms with Crippen molar-refractivity contribution in [3.05, 3.63) is 46.5 Å². The number of halogens is 3. The summed E-state index contributed by atoms with van der Waals surface area (Å²) < 4.78 is 1.75. The van der Waals surface area contributed by atoms with Gasteiger partial charge < -0.3 is 10.6 Å². The molecule has 6 nitrogen and oxygen atoms in total. The molecule has 126 valence electrons. The van der Waals surface area contributed by atoms with E-state index in [-0.39, 0.29) is 30.0 Å². The van der Waals surface area contributed by atoms with Crippen molar-refractivity contribution in [2.75, 3.05) is 13.6 Å². The Kier molecular flexibility index (Phi) is 8.64. The topological polar surface area (TPSA) is 67.1 Å². The second kappa shape index (κ2) is 9.94. The van der Waals surface area contributed by atoms with E-state index in [2.05, 4.69) is 25.7 Å². The average Bonchev–Trinajstić information content (AvgIpc) is 2.99. The van der Waals surface area contributed by atoms with Gasteiger partial charge in [-0.3, -0.25) is 9.67 Å². The maximum atomic E-state index is 6.22. The molecule has 2 aromatic rings. The summed E-state index contributed by atoms with van der Waals surface area (Å²) in [4.78, 5) is 8.10. The van der Waals surface area contributed by atoms with Crippen LogP contribution in [0.1, 0.15) is 18.5 Å². The molecule has 0 bridgehead atoms. The van der Waals surface area contributed by atoms with E-state index in [4.69, 9.17) is 23.2 Å². The molecule has 0 spiro atoms. The largest absolute Gasteiger partial charge is 0.355 e. The fourth-order valence-electron chi connectivity index (χ4n) is 1.97. The van der Waals surface area contributed by atoms with E-state index in [1.165, 1.54) is 6.33 Å². The number of aliphatic imine (C=N–C) groups is 1. The molecule has 0 saturated carbocycles. The third kappa shape index (κ3) is 6.15. The average molecular weight is 469 g/mol. The lowest BCUT2D eigenvalue weighted by molar-refractivity contribution is 0.590. The fourth-order valence-corrected chi connectivity index (χ4v) is 2.54. The van der Waals surface area contributed by atoms with E-state index < -0.39 is 0 Å². The van der Waals surface area contributed by atoms with Crippen LogP contribution in [-0.2, 0) is 6.54 Å². The van der Waals surface area contributed by atoms with Gasteiger partial charge in [-0.05, 0) is 24.6 Å². The number of aromatic nitrogens is 3. The molecule has 1 unspecified atom stereocenters. The van der Waals surface area contributed by atoms with E-state index in [1.807, 2.05) is 19.1 Å². The van der Waals surface area contributed by atoms with E-state index in [1.54, 1.807) is 24.1 Å². The molecule has 0 fully saturated rings. The van der Waals surface area contributed by atoms with Crippen LogP contribution in [0.5, 0.6) is 0 Å². The number of hydrogen-bond acceptors (Lipinski definition) is 3. The molecule has 1 atom stereocenters. The molecular weight excluding hydrogens is 450 g/mol. The Balaban J connectivity index is 0.00000264. The van der Waals surface area contributed by atoms with Crippen molar-refractivity contribution in [3.8, 4) is 0 Å². The highest BCUT2D eigenvalue weighted by molar-refractivity contribution is 14.0. The second-order valence-corrected chi connectivity index (χ2v) is 5.53. The van der Waals surface area contributed by atoms with Crippen molar-refractivity contribution in [2.45, 2.75) is 19.5 Å². The predicted molar refractivity (Wildman–Crippen MR) is 105 cm³/mol. The van der Waals surface area contributed by atoms with Crippen molar-refractivity contribution in [1.29, 1.82) is 0 Å². The molecule has 1 heterocycles. The normalized spacial score (nSPS) is 12.4. The molecule has 0 saturated heterocycles. The fraction of sp³-hybridized carbons (Fsp3) is 0.357. The molecule has 2 rings (SSSR count). The maximum Gasteiger partial charge on any atom is 0.191 e. The summed E-state index contributed by atoms with van der Waals surface area (Å²) in [5.41, 5.74) is 0.963. The zero-order valence-corrected chi connectivity index (χ0v) is 16.7. The first kappa shape index (κ1) is 20.0. The first-order valence-corrected chi connectivity index (χ1v) is 7.60. The zero-order valence-electron chi connectivity index (χ0n) is 12.8. The predicted octanol–water partition coefficient (Wildman–Crippen LogP) is 3.13. The van der Waals surface area contributed by atoms with Crippen molar-refractivity contribution < 1.29 is 0 Å².